The number of rotatable bonds is 6. The second-order valence-corrected chi connectivity index (χ2v) is 7.27. The number of amides is 3. The number of hydrogen-bond donors (Lipinski definition) is 1. The molecule has 2 aliphatic rings. The minimum atomic E-state index is -0.577. The number of furan rings is 1. The molecule has 0 spiro atoms. The van der Waals surface area contributed by atoms with Crippen LogP contribution in [0.1, 0.15) is 35.4 Å². The van der Waals surface area contributed by atoms with E-state index in [4.69, 9.17) is 9.15 Å². The molecule has 4 rings (SSSR count). The molecular formula is C21H23N3O5. The van der Waals surface area contributed by atoms with E-state index >= 15 is 0 Å². The highest BCUT2D eigenvalue weighted by Gasteiger charge is 2.54. The molecule has 0 bridgehead atoms. The van der Waals surface area contributed by atoms with Crippen molar-refractivity contribution < 1.29 is 23.5 Å². The molecule has 8 nitrogen and oxygen atoms in total. The lowest BCUT2D eigenvalue weighted by Gasteiger charge is -2.31. The van der Waals surface area contributed by atoms with Crippen molar-refractivity contribution in [3.8, 4) is 5.75 Å². The molecule has 3 amide bonds. The molecule has 29 heavy (non-hydrogen) atoms. The van der Waals surface area contributed by atoms with Gasteiger partial charge in [-0.25, -0.2) is 5.01 Å². The lowest BCUT2D eigenvalue weighted by atomic mass is 9.94. The number of carbonyl (C=O) groups excluding carboxylic acids is 3. The molecule has 1 aliphatic heterocycles. The summed E-state index contributed by atoms with van der Waals surface area (Å²) in [7, 11) is 1.60. The molecule has 2 aromatic rings. The van der Waals surface area contributed by atoms with E-state index in [-0.39, 0.29) is 24.1 Å². The van der Waals surface area contributed by atoms with Crippen LogP contribution in [0, 0.1) is 0 Å². The molecule has 1 N–H and O–H groups in total. The van der Waals surface area contributed by atoms with Crippen LogP contribution in [0.2, 0.25) is 0 Å². The fraction of sp³-hybridized carbons (Fsp3) is 0.381. The quantitative estimate of drug-likeness (QED) is 0.801. The van der Waals surface area contributed by atoms with E-state index in [9.17, 15) is 14.4 Å². The minimum absolute atomic E-state index is 0.0640. The monoisotopic (exact) mass is 397 g/mol. The van der Waals surface area contributed by atoms with Gasteiger partial charge in [-0.15, -0.1) is 0 Å². The number of carbonyl (C=O) groups is 3. The predicted molar refractivity (Wildman–Crippen MR) is 103 cm³/mol. The second-order valence-electron chi connectivity index (χ2n) is 7.27. The summed E-state index contributed by atoms with van der Waals surface area (Å²) in [6.45, 7) is 0.757. The van der Waals surface area contributed by atoms with Crippen molar-refractivity contribution in [2.75, 3.05) is 26.7 Å². The van der Waals surface area contributed by atoms with E-state index in [1.165, 1.54) is 17.3 Å². The van der Waals surface area contributed by atoms with Crippen molar-refractivity contribution in [3.63, 3.8) is 0 Å². The first-order chi connectivity index (χ1) is 14.0. The number of nitrogens with one attached hydrogen (secondary N) is 1. The van der Waals surface area contributed by atoms with Gasteiger partial charge < -0.3 is 14.5 Å². The van der Waals surface area contributed by atoms with Gasteiger partial charge in [-0.3, -0.25) is 19.4 Å². The summed E-state index contributed by atoms with van der Waals surface area (Å²) in [6, 6.07) is 10.6. The van der Waals surface area contributed by atoms with Gasteiger partial charge in [0.1, 0.15) is 5.75 Å². The molecule has 1 saturated heterocycles. The van der Waals surface area contributed by atoms with Crippen molar-refractivity contribution >= 4 is 17.7 Å². The molecule has 1 aromatic carbocycles. The Hall–Kier alpha value is -3.29. The third-order valence-corrected chi connectivity index (χ3v) is 5.50. The third kappa shape index (κ3) is 3.57. The number of hydrogen-bond acceptors (Lipinski definition) is 5. The number of benzene rings is 1. The van der Waals surface area contributed by atoms with Crippen LogP contribution in [0.25, 0.3) is 0 Å². The molecule has 1 saturated carbocycles. The molecule has 2 heterocycles. The van der Waals surface area contributed by atoms with Crippen molar-refractivity contribution in [1.82, 2.24) is 15.3 Å². The van der Waals surface area contributed by atoms with E-state index in [1.54, 1.807) is 18.2 Å². The Morgan fingerprint density at radius 3 is 2.45 bits per heavy atom. The summed E-state index contributed by atoms with van der Waals surface area (Å²) in [5.74, 6) is 0.0374. The van der Waals surface area contributed by atoms with Gasteiger partial charge in [-0.2, -0.15) is 0 Å². The summed E-state index contributed by atoms with van der Waals surface area (Å²) in [6.07, 6.45) is 3.62. The average Bonchev–Trinajstić information content (AvgIpc) is 3.16. The fourth-order valence-corrected chi connectivity index (χ4v) is 3.73. The van der Waals surface area contributed by atoms with E-state index in [0.29, 0.717) is 19.5 Å². The zero-order chi connectivity index (χ0) is 20.4. The molecule has 152 valence electrons. The standard InChI is InChI=1S/C21H23N3O5/c1-28-16-7-5-15(6-8-16)21(9-10-21)20(27)24-12-3-11-23(24)18(25)14-22-19(26)17-4-2-13-29-17/h2,4-8,13H,3,9-12,14H2,1H3,(H,22,26). The summed E-state index contributed by atoms with van der Waals surface area (Å²) in [5, 5.41) is 5.54. The number of hydrazine groups is 1. The molecule has 0 radical (unpaired) electrons. The van der Waals surface area contributed by atoms with Crippen LogP contribution in [0.5, 0.6) is 5.75 Å². The van der Waals surface area contributed by atoms with Crippen LogP contribution in [0.4, 0.5) is 0 Å². The zero-order valence-corrected chi connectivity index (χ0v) is 16.2. The van der Waals surface area contributed by atoms with Crippen molar-refractivity contribution in [2.24, 2.45) is 0 Å². The van der Waals surface area contributed by atoms with Crippen LogP contribution in [-0.4, -0.2) is 54.5 Å². The van der Waals surface area contributed by atoms with Crippen LogP contribution in [0.3, 0.4) is 0 Å². The summed E-state index contributed by atoms with van der Waals surface area (Å²) in [4.78, 5) is 38.0. The zero-order valence-electron chi connectivity index (χ0n) is 16.2. The molecule has 1 aromatic heterocycles. The SMILES string of the molecule is COc1ccc(C2(C(=O)N3CCCN3C(=O)CNC(=O)c3ccco3)CC2)cc1. The Kier molecular flexibility index (Phi) is 5.00. The van der Waals surface area contributed by atoms with Gasteiger partial charge in [-0.05, 0) is 49.1 Å². The van der Waals surface area contributed by atoms with Crippen LogP contribution < -0.4 is 10.1 Å². The molecule has 1 aliphatic carbocycles. The number of ether oxygens (including phenoxy) is 1. The van der Waals surface area contributed by atoms with Gasteiger partial charge in [0.05, 0.1) is 25.3 Å². The van der Waals surface area contributed by atoms with Crippen molar-refractivity contribution in [2.45, 2.75) is 24.7 Å². The largest absolute Gasteiger partial charge is 0.497 e. The lowest BCUT2D eigenvalue weighted by molar-refractivity contribution is -0.158. The highest BCUT2D eigenvalue weighted by atomic mass is 16.5. The van der Waals surface area contributed by atoms with Gasteiger partial charge in [0, 0.05) is 13.1 Å². The Balaban J connectivity index is 1.42. The molecular weight excluding hydrogens is 374 g/mol. The first-order valence-corrected chi connectivity index (χ1v) is 9.64. The van der Waals surface area contributed by atoms with Gasteiger partial charge in [0.2, 0.25) is 0 Å². The summed E-state index contributed by atoms with van der Waals surface area (Å²) >= 11 is 0. The normalized spacial score (nSPS) is 17.1. The molecule has 8 heteroatoms. The highest BCUT2D eigenvalue weighted by molar-refractivity contribution is 5.96. The van der Waals surface area contributed by atoms with Gasteiger partial charge in [0.25, 0.3) is 17.7 Å². The van der Waals surface area contributed by atoms with Crippen LogP contribution in [-0.2, 0) is 15.0 Å². The lowest BCUT2D eigenvalue weighted by Crippen LogP contribution is -2.51. The molecule has 2 fully saturated rings. The topological polar surface area (TPSA) is 92.1 Å². The highest BCUT2D eigenvalue weighted by Crippen LogP contribution is 2.50. The van der Waals surface area contributed by atoms with Crippen molar-refractivity contribution in [1.29, 1.82) is 0 Å². The number of nitrogens with zero attached hydrogens (tertiary/aromatic N) is 2. The maximum absolute atomic E-state index is 13.3. The Bertz CT molecular complexity index is 903. The number of methoxy groups -OCH3 is 1. The first-order valence-electron chi connectivity index (χ1n) is 9.64. The molecule has 0 atom stereocenters. The van der Waals surface area contributed by atoms with E-state index < -0.39 is 11.3 Å². The third-order valence-electron chi connectivity index (χ3n) is 5.50. The van der Waals surface area contributed by atoms with Gasteiger partial charge in [-0.1, -0.05) is 12.1 Å². The fourth-order valence-electron chi connectivity index (χ4n) is 3.73. The second kappa shape index (κ2) is 7.62. The summed E-state index contributed by atoms with van der Waals surface area (Å²) in [5.41, 5.74) is 0.362. The average molecular weight is 397 g/mol. The van der Waals surface area contributed by atoms with Crippen molar-refractivity contribution in [3.05, 3.63) is 54.0 Å². The van der Waals surface area contributed by atoms with Crippen LogP contribution >= 0.6 is 0 Å². The van der Waals surface area contributed by atoms with E-state index in [1.807, 2.05) is 24.3 Å². The summed E-state index contributed by atoms with van der Waals surface area (Å²) < 4.78 is 10.2. The maximum Gasteiger partial charge on any atom is 0.287 e. The predicted octanol–water partition coefficient (Wildman–Crippen LogP) is 1.73. The molecule has 0 unspecified atom stereocenters. The Labute approximate surface area is 168 Å². The smallest absolute Gasteiger partial charge is 0.287 e. The Morgan fingerprint density at radius 1 is 1.10 bits per heavy atom. The van der Waals surface area contributed by atoms with E-state index in [2.05, 4.69) is 5.32 Å². The van der Waals surface area contributed by atoms with E-state index in [0.717, 1.165) is 24.2 Å². The minimum Gasteiger partial charge on any atom is -0.497 e. The van der Waals surface area contributed by atoms with Crippen LogP contribution in [0.15, 0.2) is 47.1 Å². The first kappa shape index (κ1) is 19.0. The van der Waals surface area contributed by atoms with Gasteiger partial charge >= 0.3 is 0 Å². The van der Waals surface area contributed by atoms with Gasteiger partial charge in [0.15, 0.2) is 5.76 Å². The maximum atomic E-state index is 13.3. The Morgan fingerprint density at radius 2 is 1.83 bits per heavy atom.